The Morgan fingerprint density at radius 2 is 2.12 bits per heavy atom. The van der Waals surface area contributed by atoms with Crippen LogP contribution in [-0.2, 0) is 4.79 Å². The summed E-state index contributed by atoms with van der Waals surface area (Å²) in [7, 11) is 0. The molecule has 0 fully saturated rings. The van der Waals surface area contributed by atoms with Gasteiger partial charge in [-0.15, -0.1) is 0 Å². The van der Waals surface area contributed by atoms with Crippen molar-refractivity contribution in [3.8, 4) is 0 Å². The predicted octanol–water partition coefficient (Wildman–Crippen LogP) is 0.590. The maximum atomic E-state index is 12.1. The standard InChI is InChI=1S/C10H20F2N2O2/c1-8(13)3-2-4-10(16)14(5-6-15)7-9(11)12/h8-9,15H,2-7,13H2,1H3. The number of rotatable bonds is 8. The van der Waals surface area contributed by atoms with E-state index in [1.165, 1.54) is 0 Å². The number of nitrogens with two attached hydrogens (primary N) is 1. The van der Waals surface area contributed by atoms with Crippen molar-refractivity contribution in [3.63, 3.8) is 0 Å². The van der Waals surface area contributed by atoms with Crippen LogP contribution in [0.1, 0.15) is 26.2 Å². The highest BCUT2D eigenvalue weighted by Gasteiger charge is 2.17. The van der Waals surface area contributed by atoms with Crippen LogP contribution in [0.25, 0.3) is 0 Å². The van der Waals surface area contributed by atoms with Crippen molar-refractivity contribution < 1.29 is 18.7 Å². The highest BCUT2D eigenvalue weighted by Crippen LogP contribution is 2.05. The molecular formula is C10H20F2N2O2. The quantitative estimate of drug-likeness (QED) is 0.650. The lowest BCUT2D eigenvalue weighted by Gasteiger charge is -2.21. The second-order valence-electron chi connectivity index (χ2n) is 3.82. The van der Waals surface area contributed by atoms with Crippen LogP contribution in [0.15, 0.2) is 0 Å². The van der Waals surface area contributed by atoms with Crippen LogP contribution in [0.5, 0.6) is 0 Å². The van der Waals surface area contributed by atoms with Gasteiger partial charge >= 0.3 is 0 Å². The number of carbonyl (C=O) groups is 1. The summed E-state index contributed by atoms with van der Waals surface area (Å²) >= 11 is 0. The minimum atomic E-state index is -2.57. The van der Waals surface area contributed by atoms with Gasteiger partial charge in [-0.25, -0.2) is 8.78 Å². The molecule has 0 rings (SSSR count). The molecule has 3 N–H and O–H groups in total. The molecule has 0 spiro atoms. The normalized spacial score (nSPS) is 12.9. The van der Waals surface area contributed by atoms with Crippen molar-refractivity contribution in [2.75, 3.05) is 19.7 Å². The smallest absolute Gasteiger partial charge is 0.255 e. The van der Waals surface area contributed by atoms with Crippen molar-refractivity contribution in [1.29, 1.82) is 0 Å². The van der Waals surface area contributed by atoms with Gasteiger partial charge in [-0.3, -0.25) is 4.79 Å². The highest BCUT2D eigenvalue weighted by atomic mass is 19.3. The zero-order valence-electron chi connectivity index (χ0n) is 9.53. The first-order valence-electron chi connectivity index (χ1n) is 5.39. The third-order valence-electron chi connectivity index (χ3n) is 2.13. The molecule has 96 valence electrons. The van der Waals surface area contributed by atoms with Gasteiger partial charge in [0.2, 0.25) is 5.91 Å². The van der Waals surface area contributed by atoms with Crippen molar-refractivity contribution in [2.24, 2.45) is 5.73 Å². The van der Waals surface area contributed by atoms with E-state index in [0.717, 1.165) is 4.90 Å². The number of aliphatic hydroxyl groups excluding tert-OH is 1. The Morgan fingerprint density at radius 1 is 1.50 bits per heavy atom. The first-order valence-corrected chi connectivity index (χ1v) is 5.39. The number of carbonyl (C=O) groups excluding carboxylic acids is 1. The average molecular weight is 238 g/mol. The Kier molecular flexibility index (Phi) is 8.01. The fourth-order valence-corrected chi connectivity index (χ4v) is 1.34. The molecule has 0 saturated carbocycles. The van der Waals surface area contributed by atoms with Crippen LogP contribution in [-0.4, -0.2) is 48.1 Å². The molecule has 0 saturated heterocycles. The minimum absolute atomic E-state index is 0.00851. The molecular weight excluding hydrogens is 218 g/mol. The van der Waals surface area contributed by atoms with Crippen LogP contribution >= 0.6 is 0 Å². The van der Waals surface area contributed by atoms with Gasteiger partial charge in [-0.05, 0) is 19.8 Å². The number of aliphatic hydroxyl groups is 1. The molecule has 4 nitrogen and oxygen atoms in total. The van der Waals surface area contributed by atoms with E-state index in [4.69, 9.17) is 10.8 Å². The minimum Gasteiger partial charge on any atom is -0.395 e. The molecule has 0 aliphatic carbocycles. The zero-order chi connectivity index (χ0) is 12.6. The van der Waals surface area contributed by atoms with Gasteiger partial charge in [-0.1, -0.05) is 0 Å². The summed E-state index contributed by atoms with van der Waals surface area (Å²) in [6.45, 7) is 0.875. The van der Waals surface area contributed by atoms with E-state index in [1.807, 2.05) is 6.92 Å². The topological polar surface area (TPSA) is 66.6 Å². The van der Waals surface area contributed by atoms with Gasteiger partial charge in [-0.2, -0.15) is 0 Å². The summed E-state index contributed by atoms with van der Waals surface area (Å²) in [4.78, 5) is 12.5. The highest BCUT2D eigenvalue weighted by molar-refractivity contribution is 5.76. The Bertz CT molecular complexity index is 201. The third-order valence-corrected chi connectivity index (χ3v) is 2.13. The Hall–Kier alpha value is -0.750. The summed E-state index contributed by atoms with van der Waals surface area (Å²) in [6, 6.07) is 0.00851. The largest absolute Gasteiger partial charge is 0.395 e. The second kappa shape index (κ2) is 8.41. The van der Waals surface area contributed by atoms with Gasteiger partial charge in [0.15, 0.2) is 0 Å². The lowest BCUT2D eigenvalue weighted by molar-refractivity contribution is -0.133. The Balaban J connectivity index is 3.96. The summed E-state index contributed by atoms with van der Waals surface area (Å²) in [6.07, 6.45) is -1.09. The monoisotopic (exact) mass is 238 g/mol. The predicted molar refractivity (Wildman–Crippen MR) is 57.2 cm³/mol. The van der Waals surface area contributed by atoms with E-state index in [2.05, 4.69) is 0 Å². The number of amides is 1. The second-order valence-corrected chi connectivity index (χ2v) is 3.82. The zero-order valence-corrected chi connectivity index (χ0v) is 9.53. The Labute approximate surface area is 94.4 Å². The third kappa shape index (κ3) is 7.53. The van der Waals surface area contributed by atoms with Crippen LogP contribution < -0.4 is 5.73 Å². The molecule has 6 heteroatoms. The number of hydrogen-bond donors (Lipinski definition) is 2. The molecule has 0 aromatic rings. The van der Waals surface area contributed by atoms with Crippen LogP contribution in [0.4, 0.5) is 8.78 Å². The van der Waals surface area contributed by atoms with Crippen molar-refractivity contribution in [1.82, 2.24) is 4.90 Å². The number of alkyl halides is 2. The first-order chi connectivity index (χ1) is 7.47. The lowest BCUT2D eigenvalue weighted by Crippen LogP contribution is -2.37. The van der Waals surface area contributed by atoms with Gasteiger partial charge < -0.3 is 15.7 Å². The molecule has 0 radical (unpaired) electrons. The van der Waals surface area contributed by atoms with E-state index >= 15 is 0 Å². The summed E-state index contributed by atoms with van der Waals surface area (Å²) in [5.74, 6) is -0.352. The first kappa shape index (κ1) is 15.2. The van der Waals surface area contributed by atoms with E-state index < -0.39 is 13.0 Å². The van der Waals surface area contributed by atoms with E-state index in [1.54, 1.807) is 0 Å². The van der Waals surface area contributed by atoms with Crippen molar-refractivity contribution in [3.05, 3.63) is 0 Å². The van der Waals surface area contributed by atoms with Crippen LogP contribution in [0.2, 0.25) is 0 Å². The van der Waals surface area contributed by atoms with Crippen molar-refractivity contribution in [2.45, 2.75) is 38.7 Å². The maximum absolute atomic E-state index is 12.1. The van der Waals surface area contributed by atoms with Crippen LogP contribution in [0.3, 0.4) is 0 Å². The molecule has 0 bridgehead atoms. The Morgan fingerprint density at radius 3 is 2.56 bits per heavy atom. The lowest BCUT2D eigenvalue weighted by atomic mass is 10.1. The van der Waals surface area contributed by atoms with Crippen LogP contribution in [0, 0.1) is 0 Å². The molecule has 1 atom stereocenters. The molecule has 0 aromatic heterocycles. The SMILES string of the molecule is CC(N)CCCC(=O)N(CCO)CC(F)F. The fraction of sp³-hybridized carbons (Fsp3) is 0.900. The summed E-state index contributed by atoms with van der Waals surface area (Å²) < 4.78 is 24.2. The van der Waals surface area contributed by atoms with E-state index in [-0.39, 0.29) is 31.5 Å². The molecule has 0 aliphatic heterocycles. The van der Waals surface area contributed by atoms with E-state index in [0.29, 0.717) is 12.8 Å². The molecule has 1 amide bonds. The summed E-state index contributed by atoms with van der Waals surface area (Å²) in [5, 5.41) is 8.65. The number of nitrogens with zero attached hydrogens (tertiary/aromatic N) is 1. The average Bonchev–Trinajstić information content (AvgIpc) is 2.15. The molecule has 1 unspecified atom stereocenters. The molecule has 0 aromatic carbocycles. The maximum Gasteiger partial charge on any atom is 0.255 e. The molecule has 0 heterocycles. The molecule has 0 aliphatic rings. The number of hydrogen-bond acceptors (Lipinski definition) is 3. The fourth-order valence-electron chi connectivity index (χ4n) is 1.34. The van der Waals surface area contributed by atoms with E-state index in [9.17, 15) is 13.6 Å². The van der Waals surface area contributed by atoms with Gasteiger partial charge in [0.25, 0.3) is 6.43 Å². The van der Waals surface area contributed by atoms with Crippen molar-refractivity contribution >= 4 is 5.91 Å². The number of halogens is 2. The van der Waals surface area contributed by atoms with Gasteiger partial charge in [0, 0.05) is 19.0 Å². The molecule has 16 heavy (non-hydrogen) atoms. The van der Waals surface area contributed by atoms with Gasteiger partial charge in [0.05, 0.1) is 13.2 Å². The van der Waals surface area contributed by atoms with Gasteiger partial charge in [0.1, 0.15) is 0 Å². The summed E-state index contributed by atoms with van der Waals surface area (Å²) in [5.41, 5.74) is 5.51.